The van der Waals surface area contributed by atoms with Crippen LogP contribution in [0.15, 0.2) is 12.2 Å². The minimum absolute atomic E-state index is 0.217. The van der Waals surface area contributed by atoms with Gasteiger partial charge in [0.05, 0.1) is 6.10 Å². The van der Waals surface area contributed by atoms with E-state index in [0.717, 1.165) is 19.3 Å². The van der Waals surface area contributed by atoms with Crippen molar-refractivity contribution < 1.29 is 9.90 Å². The second-order valence-electron chi connectivity index (χ2n) is 4.19. The predicted molar refractivity (Wildman–Crippen MR) is 52.4 cm³/mol. The van der Waals surface area contributed by atoms with Gasteiger partial charge in [0.15, 0.2) is 0 Å². The molecule has 0 saturated carbocycles. The Morgan fingerprint density at radius 2 is 2.23 bits per heavy atom. The fourth-order valence-electron chi connectivity index (χ4n) is 1.69. The Morgan fingerprint density at radius 3 is 2.85 bits per heavy atom. The molecule has 0 fully saturated rings. The molecule has 0 bridgehead atoms. The lowest BCUT2D eigenvalue weighted by Gasteiger charge is -2.28. The van der Waals surface area contributed by atoms with Gasteiger partial charge in [-0.1, -0.05) is 19.1 Å². The number of Topliss-reactive ketones (excluding diaryl/α,β-unsaturated/α-hetero) is 1. The van der Waals surface area contributed by atoms with E-state index in [0.29, 0.717) is 6.42 Å². The van der Waals surface area contributed by atoms with Crippen molar-refractivity contribution in [2.24, 2.45) is 5.41 Å². The number of allylic oxidation sites excluding steroid dienone is 1. The average Bonchev–Trinajstić information content (AvgIpc) is 2.06. The zero-order valence-corrected chi connectivity index (χ0v) is 8.42. The van der Waals surface area contributed by atoms with Crippen LogP contribution in [0, 0.1) is 5.41 Å². The molecular weight excluding hydrogens is 164 g/mol. The monoisotopic (exact) mass is 182 g/mol. The van der Waals surface area contributed by atoms with Gasteiger partial charge in [-0.3, -0.25) is 4.79 Å². The SMILES string of the molecule is CC(=O)[C@]1(C)CC/C=C/[C@H](O)CC1. The van der Waals surface area contributed by atoms with Crippen molar-refractivity contribution in [1.82, 2.24) is 0 Å². The molecule has 1 aliphatic carbocycles. The Kier molecular flexibility index (Phi) is 3.26. The van der Waals surface area contributed by atoms with Crippen LogP contribution in [0.25, 0.3) is 0 Å². The molecule has 0 unspecified atom stereocenters. The Balaban J connectivity index is 2.68. The summed E-state index contributed by atoms with van der Waals surface area (Å²) in [5, 5.41) is 9.43. The first-order valence-corrected chi connectivity index (χ1v) is 4.90. The van der Waals surface area contributed by atoms with E-state index >= 15 is 0 Å². The quantitative estimate of drug-likeness (QED) is 0.630. The van der Waals surface area contributed by atoms with Crippen molar-refractivity contribution in [3.63, 3.8) is 0 Å². The van der Waals surface area contributed by atoms with E-state index in [-0.39, 0.29) is 17.3 Å². The highest BCUT2D eigenvalue weighted by atomic mass is 16.3. The lowest BCUT2D eigenvalue weighted by Crippen LogP contribution is -2.27. The molecule has 0 aromatic carbocycles. The fourth-order valence-corrected chi connectivity index (χ4v) is 1.69. The lowest BCUT2D eigenvalue weighted by atomic mass is 9.76. The average molecular weight is 182 g/mol. The third kappa shape index (κ3) is 2.66. The maximum absolute atomic E-state index is 11.4. The molecule has 0 amide bonds. The molecule has 1 N–H and O–H groups in total. The highest BCUT2D eigenvalue weighted by Crippen LogP contribution is 2.32. The smallest absolute Gasteiger partial charge is 0.135 e. The first-order valence-electron chi connectivity index (χ1n) is 4.90. The molecule has 74 valence electrons. The second-order valence-corrected chi connectivity index (χ2v) is 4.19. The summed E-state index contributed by atoms with van der Waals surface area (Å²) in [4.78, 5) is 11.4. The number of aliphatic hydroxyl groups excluding tert-OH is 1. The number of carbonyl (C=O) groups excluding carboxylic acids is 1. The van der Waals surface area contributed by atoms with E-state index in [1.807, 2.05) is 19.1 Å². The van der Waals surface area contributed by atoms with Gasteiger partial charge >= 0.3 is 0 Å². The molecule has 1 aliphatic rings. The number of rotatable bonds is 1. The molecule has 0 aromatic heterocycles. The number of aliphatic hydroxyl groups is 1. The first kappa shape index (κ1) is 10.5. The molecule has 0 aromatic rings. The zero-order chi connectivity index (χ0) is 9.90. The van der Waals surface area contributed by atoms with E-state index in [2.05, 4.69) is 0 Å². The summed E-state index contributed by atoms with van der Waals surface area (Å²) in [5.41, 5.74) is -0.217. The van der Waals surface area contributed by atoms with Gasteiger partial charge in [-0.2, -0.15) is 0 Å². The molecule has 0 heterocycles. The summed E-state index contributed by atoms with van der Waals surface area (Å²) in [6.07, 6.45) is 6.75. The molecule has 2 atom stereocenters. The van der Waals surface area contributed by atoms with Crippen LogP contribution in [0.2, 0.25) is 0 Å². The number of carbonyl (C=O) groups is 1. The Labute approximate surface area is 79.6 Å². The van der Waals surface area contributed by atoms with Gasteiger partial charge in [-0.05, 0) is 32.6 Å². The topological polar surface area (TPSA) is 37.3 Å². The van der Waals surface area contributed by atoms with Crippen LogP contribution in [-0.2, 0) is 4.79 Å². The van der Waals surface area contributed by atoms with Crippen LogP contribution in [0.5, 0.6) is 0 Å². The summed E-state index contributed by atoms with van der Waals surface area (Å²) in [5.74, 6) is 0.245. The maximum atomic E-state index is 11.4. The first-order chi connectivity index (χ1) is 6.04. The summed E-state index contributed by atoms with van der Waals surface area (Å²) in [6, 6.07) is 0. The lowest BCUT2D eigenvalue weighted by molar-refractivity contribution is -0.126. The van der Waals surface area contributed by atoms with E-state index in [1.54, 1.807) is 6.92 Å². The van der Waals surface area contributed by atoms with Gasteiger partial charge in [-0.25, -0.2) is 0 Å². The molecule has 2 heteroatoms. The summed E-state index contributed by atoms with van der Waals surface area (Å²) < 4.78 is 0. The van der Waals surface area contributed by atoms with Crippen LogP contribution in [0.1, 0.15) is 39.5 Å². The Hall–Kier alpha value is -0.630. The van der Waals surface area contributed by atoms with Crippen molar-refractivity contribution in [2.75, 3.05) is 0 Å². The van der Waals surface area contributed by atoms with Crippen molar-refractivity contribution in [1.29, 1.82) is 0 Å². The van der Waals surface area contributed by atoms with Gasteiger partial charge in [0.1, 0.15) is 5.78 Å². The maximum Gasteiger partial charge on any atom is 0.135 e. The molecular formula is C11H18O2. The van der Waals surface area contributed by atoms with Crippen LogP contribution >= 0.6 is 0 Å². The largest absolute Gasteiger partial charge is 0.389 e. The van der Waals surface area contributed by atoms with E-state index in [1.165, 1.54) is 0 Å². The molecule has 0 saturated heterocycles. The standard InChI is InChI=1S/C11H18O2/c1-9(12)11(2)7-4-3-5-10(13)6-8-11/h3,5,10,13H,4,6-8H2,1-2H3/b5-3+/t10-,11+/m0/s1. The Morgan fingerprint density at radius 1 is 1.54 bits per heavy atom. The fraction of sp³-hybridized carbons (Fsp3) is 0.727. The third-order valence-electron chi connectivity index (χ3n) is 3.06. The predicted octanol–water partition coefficient (Wildman–Crippen LogP) is 2.07. The van der Waals surface area contributed by atoms with E-state index < -0.39 is 0 Å². The van der Waals surface area contributed by atoms with Gasteiger partial charge in [0, 0.05) is 5.41 Å². The third-order valence-corrected chi connectivity index (χ3v) is 3.06. The second kappa shape index (κ2) is 4.05. The number of hydrogen-bond acceptors (Lipinski definition) is 2. The normalized spacial score (nSPS) is 37.6. The van der Waals surface area contributed by atoms with Gasteiger partial charge in [0.2, 0.25) is 0 Å². The summed E-state index contributed by atoms with van der Waals surface area (Å²) in [6.45, 7) is 3.65. The zero-order valence-electron chi connectivity index (χ0n) is 8.42. The molecule has 0 radical (unpaired) electrons. The van der Waals surface area contributed by atoms with Crippen LogP contribution in [0.4, 0.5) is 0 Å². The molecule has 2 nitrogen and oxygen atoms in total. The highest BCUT2D eigenvalue weighted by Gasteiger charge is 2.29. The molecule has 13 heavy (non-hydrogen) atoms. The molecule has 1 rings (SSSR count). The molecule has 0 spiro atoms. The van der Waals surface area contributed by atoms with Gasteiger partial charge in [-0.15, -0.1) is 0 Å². The van der Waals surface area contributed by atoms with Crippen LogP contribution < -0.4 is 0 Å². The van der Waals surface area contributed by atoms with Crippen LogP contribution in [-0.4, -0.2) is 17.0 Å². The van der Waals surface area contributed by atoms with Crippen molar-refractivity contribution >= 4 is 5.78 Å². The number of hydrogen-bond donors (Lipinski definition) is 1. The number of ketones is 1. The van der Waals surface area contributed by atoms with Gasteiger partial charge < -0.3 is 5.11 Å². The van der Waals surface area contributed by atoms with E-state index in [4.69, 9.17) is 0 Å². The molecule has 0 aliphatic heterocycles. The minimum atomic E-state index is -0.362. The van der Waals surface area contributed by atoms with Gasteiger partial charge in [0.25, 0.3) is 0 Å². The highest BCUT2D eigenvalue weighted by molar-refractivity contribution is 5.81. The van der Waals surface area contributed by atoms with Crippen molar-refractivity contribution in [3.8, 4) is 0 Å². The van der Waals surface area contributed by atoms with E-state index in [9.17, 15) is 9.90 Å². The summed E-state index contributed by atoms with van der Waals surface area (Å²) >= 11 is 0. The van der Waals surface area contributed by atoms with Crippen molar-refractivity contribution in [3.05, 3.63) is 12.2 Å². The Bertz CT molecular complexity index is 220. The minimum Gasteiger partial charge on any atom is -0.389 e. The van der Waals surface area contributed by atoms with Crippen molar-refractivity contribution in [2.45, 2.75) is 45.6 Å². The summed E-state index contributed by atoms with van der Waals surface area (Å²) in [7, 11) is 0. The van der Waals surface area contributed by atoms with Crippen LogP contribution in [0.3, 0.4) is 0 Å².